The van der Waals surface area contributed by atoms with Crippen molar-refractivity contribution >= 4 is 92.7 Å². The van der Waals surface area contributed by atoms with E-state index in [1.165, 1.54) is 47.3 Å². The van der Waals surface area contributed by atoms with E-state index in [1.54, 1.807) is 25.1 Å². The lowest BCUT2D eigenvalue weighted by molar-refractivity contribution is -0.139. The highest BCUT2D eigenvalue weighted by atomic mass is 35.5. The highest BCUT2D eigenvalue weighted by Crippen LogP contribution is 2.31. The molecule has 0 radical (unpaired) electrons. The zero-order valence-electron chi connectivity index (χ0n) is 19.3. The van der Waals surface area contributed by atoms with Crippen LogP contribution in [0.4, 0.5) is 15.9 Å². The van der Waals surface area contributed by atoms with Crippen molar-refractivity contribution in [2.24, 2.45) is 0 Å². The molecule has 14 heteroatoms. The molecule has 0 saturated carbocycles. The van der Waals surface area contributed by atoms with Gasteiger partial charge in [0.2, 0.25) is 0 Å². The van der Waals surface area contributed by atoms with Gasteiger partial charge in [0.15, 0.2) is 14.1 Å². The summed E-state index contributed by atoms with van der Waals surface area (Å²) in [5, 5.41) is 7.72. The Kier molecular flexibility index (Phi) is 8.75. The molecule has 1 atom stereocenters. The van der Waals surface area contributed by atoms with E-state index in [0.29, 0.717) is 30.6 Å². The van der Waals surface area contributed by atoms with Crippen LogP contribution >= 0.6 is 58.5 Å². The summed E-state index contributed by atoms with van der Waals surface area (Å²) in [5.41, 5.74) is 1.42. The quantitative estimate of drug-likeness (QED) is 0.103. The molecule has 4 rings (SSSR count). The van der Waals surface area contributed by atoms with E-state index in [-0.39, 0.29) is 40.5 Å². The van der Waals surface area contributed by atoms with Gasteiger partial charge in [0.1, 0.15) is 29.8 Å². The number of fused-ring (bicyclic) bond motifs is 1. The number of rotatable bonds is 9. The molecule has 0 amide bonds. The highest BCUT2D eigenvalue weighted by molar-refractivity contribution is 8.02. The molecule has 192 valence electrons. The second kappa shape index (κ2) is 11.8. The van der Waals surface area contributed by atoms with Crippen LogP contribution in [0.5, 0.6) is 0 Å². The summed E-state index contributed by atoms with van der Waals surface area (Å²) in [7, 11) is 1.32. The summed E-state index contributed by atoms with van der Waals surface area (Å²) in [6.45, 7) is 1.68. The minimum atomic E-state index is -0.592. The number of benzene rings is 2. The van der Waals surface area contributed by atoms with E-state index in [9.17, 15) is 14.0 Å². The van der Waals surface area contributed by atoms with Gasteiger partial charge in [-0.2, -0.15) is 5.10 Å². The number of esters is 1. The van der Waals surface area contributed by atoms with Gasteiger partial charge >= 0.3 is 5.97 Å². The number of Topliss-reactive ketones (excluding diaryl/α,β-unsaturated/α-hetero) is 1. The first kappa shape index (κ1) is 27.4. The fourth-order valence-corrected chi connectivity index (χ4v) is 6.13. The maximum Gasteiger partial charge on any atom is 0.318 e. The largest absolute Gasteiger partial charge is 0.468 e. The first-order chi connectivity index (χ1) is 17.6. The van der Waals surface area contributed by atoms with Crippen molar-refractivity contribution in [1.82, 2.24) is 19.7 Å². The van der Waals surface area contributed by atoms with Crippen LogP contribution in [-0.4, -0.2) is 43.9 Å². The standard InChI is InChI=1S/C23H18Cl2FN5O3S3/c1-11(21(33)34-2)36-22-30-31(23(35)37-22)9-13(32)5-12-3-4-18-14(6-12)20(28-10-27-18)29-19-8-16(25)15(24)7-17(19)26/h3-4,6-8,10-11H,5,9H2,1-2H3,(H,27,28,29). The second-order valence-corrected chi connectivity index (χ2v) is 11.8. The topological polar surface area (TPSA) is 99.0 Å². The number of thioether (sulfide) groups is 1. The molecule has 0 bridgehead atoms. The predicted octanol–water partition coefficient (Wildman–Crippen LogP) is 6.27. The molecule has 0 spiro atoms. The van der Waals surface area contributed by atoms with Gasteiger partial charge in [-0.15, -0.1) is 0 Å². The first-order valence-corrected chi connectivity index (χ1v) is 13.5. The van der Waals surface area contributed by atoms with E-state index < -0.39 is 11.1 Å². The van der Waals surface area contributed by atoms with Crippen LogP contribution in [-0.2, 0) is 27.3 Å². The number of methoxy groups -OCH3 is 1. The van der Waals surface area contributed by atoms with E-state index >= 15 is 0 Å². The Morgan fingerprint density at radius 2 is 2.00 bits per heavy atom. The molecule has 4 aromatic rings. The van der Waals surface area contributed by atoms with Crippen molar-refractivity contribution in [2.75, 3.05) is 12.4 Å². The number of nitrogens with one attached hydrogen (secondary N) is 1. The van der Waals surface area contributed by atoms with E-state index in [1.807, 2.05) is 0 Å². The SMILES string of the molecule is COC(=O)C(C)Sc1nn(CC(=O)Cc2ccc3ncnc(Nc4cc(Cl)c(Cl)cc4F)c3c2)c(=S)s1. The summed E-state index contributed by atoms with van der Waals surface area (Å²) < 4.78 is 21.6. The average molecular weight is 599 g/mol. The van der Waals surface area contributed by atoms with E-state index in [2.05, 4.69) is 20.4 Å². The minimum Gasteiger partial charge on any atom is -0.468 e. The Bertz CT molecular complexity index is 1560. The zero-order valence-corrected chi connectivity index (χ0v) is 23.3. The normalized spacial score (nSPS) is 11.9. The number of carbonyl (C=O) groups excluding carboxylic acids is 2. The number of carbonyl (C=O) groups is 2. The smallest absolute Gasteiger partial charge is 0.318 e. The molecule has 0 saturated heterocycles. The van der Waals surface area contributed by atoms with Gasteiger partial charge in [-0.25, -0.2) is 19.0 Å². The molecule has 8 nitrogen and oxygen atoms in total. The Hall–Kier alpha value is -2.64. The number of nitrogens with zero attached hydrogens (tertiary/aromatic N) is 4. The summed E-state index contributed by atoms with van der Waals surface area (Å²) in [5.74, 6) is -0.740. The highest BCUT2D eigenvalue weighted by Gasteiger charge is 2.18. The number of halogens is 3. The van der Waals surface area contributed by atoms with Crippen LogP contribution in [0.25, 0.3) is 10.9 Å². The molecule has 0 aliphatic rings. The van der Waals surface area contributed by atoms with Crippen LogP contribution in [0.2, 0.25) is 10.0 Å². The van der Waals surface area contributed by atoms with Crippen molar-refractivity contribution in [3.63, 3.8) is 0 Å². The van der Waals surface area contributed by atoms with Crippen molar-refractivity contribution in [2.45, 2.75) is 29.5 Å². The Morgan fingerprint density at radius 1 is 1.24 bits per heavy atom. The molecular formula is C23H18Cl2FN5O3S3. The average Bonchev–Trinajstić information content (AvgIpc) is 3.20. The predicted molar refractivity (Wildman–Crippen MR) is 146 cm³/mol. The van der Waals surface area contributed by atoms with Crippen LogP contribution in [0, 0.1) is 9.77 Å². The third-order valence-electron chi connectivity index (χ3n) is 5.09. The summed E-state index contributed by atoms with van der Waals surface area (Å²) in [6, 6.07) is 7.80. The fourth-order valence-electron chi connectivity index (χ4n) is 3.31. The van der Waals surface area contributed by atoms with Crippen molar-refractivity contribution in [3.8, 4) is 0 Å². The van der Waals surface area contributed by atoms with Gasteiger partial charge in [0, 0.05) is 11.8 Å². The number of hydrogen-bond donors (Lipinski definition) is 1. The second-order valence-electron chi connectivity index (χ2n) is 7.74. The summed E-state index contributed by atoms with van der Waals surface area (Å²) >= 11 is 19.7. The van der Waals surface area contributed by atoms with Crippen LogP contribution in [0.1, 0.15) is 12.5 Å². The lowest BCUT2D eigenvalue weighted by Crippen LogP contribution is -2.15. The summed E-state index contributed by atoms with van der Waals surface area (Å²) in [6.07, 6.45) is 1.46. The number of ketones is 1. The van der Waals surface area contributed by atoms with Gasteiger partial charge in [0.05, 0.1) is 28.4 Å². The van der Waals surface area contributed by atoms with Crippen molar-refractivity contribution < 1.29 is 18.7 Å². The molecular weight excluding hydrogens is 580 g/mol. The van der Waals surface area contributed by atoms with Gasteiger partial charge in [-0.05, 0) is 49.0 Å². The molecule has 37 heavy (non-hydrogen) atoms. The van der Waals surface area contributed by atoms with Gasteiger partial charge in [0.25, 0.3) is 0 Å². The fraction of sp³-hybridized carbons (Fsp3) is 0.217. The lowest BCUT2D eigenvalue weighted by atomic mass is 10.1. The van der Waals surface area contributed by atoms with Crippen LogP contribution < -0.4 is 5.32 Å². The molecule has 2 aromatic heterocycles. The Labute approximate surface area is 234 Å². The number of anilines is 2. The third-order valence-corrected chi connectivity index (χ3v) is 8.28. The Morgan fingerprint density at radius 3 is 2.76 bits per heavy atom. The van der Waals surface area contributed by atoms with E-state index in [4.69, 9.17) is 40.2 Å². The van der Waals surface area contributed by atoms with Crippen molar-refractivity contribution in [3.05, 3.63) is 62.0 Å². The maximum absolute atomic E-state index is 14.4. The maximum atomic E-state index is 14.4. The van der Waals surface area contributed by atoms with Crippen LogP contribution in [0.15, 0.2) is 41.0 Å². The Balaban J connectivity index is 1.51. The minimum absolute atomic E-state index is 0.0224. The lowest BCUT2D eigenvalue weighted by Gasteiger charge is -2.11. The molecule has 1 N–H and O–H groups in total. The van der Waals surface area contributed by atoms with E-state index in [0.717, 1.165) is 6.07 Å². The molecule has 0 aliphatic carbocycles. The number of aromatic nitrogens is 4. The molecule has 2 heterocycles. The van der Waals surface area contributed by atoms with Gasteiger partial charge < -0.3 is 10.1 Å². The molecule has 1 unspecified atom stereocenters. The third kappa shape index (κ3) is 6.63. The number of ether oxygens (including phenoxy) is 1. The molecule has 0 aliphatic heterocycles. The number of hydrogen-bond acceptors (Lipinski definition) is 10. The first-order valence-electron chi connectivity index (χ1n) is 10.6. The van der Waals surface area contributed by atoms with Gasteiger partial charge in [-0.1, -0.05) is 52.4 Å². The monoisotopic (exact) mass is 597 g/mol. The van der Waals surface area contributed by atoms with Gasteiger partial charge in [-0.3, -0.25) is 9.59 Å². The summed E-state index contributed by atoms with van der Waals surface area (Å²) in [4.78, 5) is 33.0. The molecule has 2 aromatic carbocycles. The van der Waals surface area contributed by atoms with Crippen molar-refractivity contribution in [1.29, 1.82) is 0 Å². The molecule has 0 fully saturated rings. The van der Waals surface area contributed by atoms with Crippen LogP contribution in [0.3, 0.4) is 0 Å². The zero-order chi connectivity index (χ0) is 26.7.